The second-order valence-corrected chi connectivity index (χ2v) is 7.03. The fraction of sp³-hybridized carbons (Fsp3) is 0.471. The lowest BCUT2D eigenvalue weighted by Gasteiger charge is -2.36. The molecule has 0 unspecified atom stereocenters. The molecule has 1 aliphatic heterocycles. The van der Waals surface area contributed by atoms with Crippen LogP contribution in [0.4, 0.5) is 5.13 Å². The molecule has 0 spiro atoms. The van der Waals surface area contributed by atoms with Crippen LogP contribution in [-0.2, 0) is 13.0 Å². The number of hydrogen-bond acceptors (Lipinski definition) is 8. The number of guanidine groups is 1. The van der Waals surface area contributed by atoms with Gasteiger partial charge in [0.1, 0.15) is 11.6 Å². The molecule has 0 bridgehead atoms. The molecule has 0 atom stereocenters. The van der Waals surface area contributed by atoms with E-state index in [4.69, 9.17) is 4.42 Å². The summed E-state index contributed by atoms with van der Waals surface area (Å²) in [5.74, 6) is 3.69. The molecule has 3 aromatic rings. The topological polar surface area (TPSA) is 111 Å². The van der Waals surface area contributed by atoms with Crippen molar-refractivity contribution in [1.29, 1.82) is 0 Å². The summed E-state index contributed by atoms with van der Waals surface area (Å²) in [6, 6.07) is 3.65. The van der Waals surface area contributed by atoms with Gasteiger partial charge in [0.05, 0.1) is 12.8 Å². The zero-order valence-electron chi connectivity index (χ0n) is 16.3. The van der Waals surface area contributed by atoms with Gasteiger partial charge in [-0.15, -0.1) is 29.1 Å². The van der Waals surface area contributed by atoms with E-state index in [2.05, 4.69) is 51.6 Å². The van der Waals surface area contributed by atoms with E-state index in [0.717, 1.165) is 55.3 Å². The summed E-state index contributed by atoms with van der Waals surface area (Å²) >= 11 is 1.48. The van der Waals surface area contributed by atoms with Gasteiger partial charge in [0.15, 0.2) is 11.7 Å². The number of nitrogens with one attached hydrogen (secondary N) is 2. The molecule has 2 N–H and O–H groups in total. The van der Waals surface area contributed by atoms with E-state index in [0.29, 0.717) is 18.1 Å². The molecule has 29 heavy (non-hydrogen) atoms. The SMILES string of the molecule is CCc1nsc(N2CCN(C(=NC)NCc3nc(-c4ccco4)n[nH]3)CC2)n1.I. The maximum absolute atomic E-state index is 5.32. The number of rotatable bonds is 5. The number of piperazine rings is 1. The Morgan fingerprint density at radius 2 is 2.14 bits per heavy atom. The number of furan rings is 1. The Kier molecular flexibility index (Phi) is 7.41. The minimum atomic E-state index is 0. The Labute approximate surface area is 190 Å². The van der Waals surface area contributed by atoms with Crippen molar-refractivity contribution >= 4 is 46.6 Å². The molecule has 3 aromatic heterocycles. The zero-order valence-corrected chi connectivity index (χ0v) is 19.5. The van der Waals surface area contributed by atoms with E-state index in [1.165, 1.54) is 11.5 Å². The van der Waals surface area contributed by atoms with Crippen LogP contribution in [0, 0.1) is 0 Å². The predicted molar refractivity (Wildman–Crippen MR) is 123 cm³/mol. The average molecular weight is 529 g/mol. The highest BCUT2D eigenvalue weighted by molar-refractivity contribution is 14.0. The number of hydrogen-bond donors (Lipinski definition) is 2. The number of H-pyrrole nitrogens is 1. The van der Waals surface area contributed by atoms with Crippen molar-refractivity contribution in [2.24, 2.45) is 4.99 Å². The summed E-state index contributed by atoms with van der Waals surface area (Å²) in [6.45, 7) is 6.11. The first-order chi connectivity index (χ1) is 13.8. The molecule has 4 heterocycles. The van der Waals surface area contributed by atoms with Crippen LogP contribution in [0.25, 0.3) is 11.6 Å². The van der Waals surface area contributed by atoms with E-state index < -0.39 is 0 Å². The van der Waals surface area contributed by atoms with Crippen molar-refractivity contribution in [3.63, 3.8) is 0 Å². The normalized spacial score (nSPS) is 14.8. The molecule has 1 saturated heterocycles. The molecule has 0 amide bonds. The molecule has 0 aliphatic carbocycles. The Hall–Kier alpha value is -2.22. The van der Waals surface area contributed by atoms with Crippen molar-refractivity contribution in [3.8, 4) is 11.6 Å². The molecule has 1 fully saturated rings. The van der Waals surface area contributed by atoms with Crippen LogP contribution in [0.1, 0.15) is 18.6 Å². The molecular weight excluding hydrogens is 505 g/mol. The number of anilines is 1. The van der Waals surface area contributed by atoms with Gasteiger partial charge >= 0.3 is 0 Å². The van der Waals surface area contributed by atoms with Crippen LogP contribution in [0.15, 0.2) is 27.8 Å². The molecule has 4 rings (SSSR count). The van der Waals surface area contributed by atoms with Gasteiger partial charge in [-0.1, -0.05) is 6.92 Å². The lowest BCUT2D eigenvalue weighted by Crippen LogP contribution is -2.52. The average Bonchev–Trinajstić information content (AvgIpc) is 3.49. The summed E-state index contributed by atoms with van der Waals surface area (Å²) < 4.78 is 9.70. The van der Waals surface area contributed by atoms with Crippen LogP contribution in [0.5, 0.6) is 0 Å². The smallest absolute Gasteiger partial charge is 0.216 e. The lowest BCUT2D eigenvalue weighted by molar-refractivity contribution is 0.372. The summed E-state index contributed by atoms with van der Waals surface area (Å²) in [6.07, 6.45) is 2.48. The minimum absolute atomic E-state index is 0. The van der Waals surface area contributed by atoms with Crippen molar-refractivity contribution in [3.05, 3.63) is 30.0 Å². The Bertz CT molecular complexity index is 915. The third-order valence-electron chi connectivity index (χ3n) is 4.52. The van der Waals surface area contributed by atoms with E-state index in [1.54, 1.807) is 13.3 Å². The predicted octanol–water partition coefficient (Wildman–Crippen LogP) is 1.99. The van der Waals surface area contributed by atoms with Gasteiger partial charge in [-0.05, 0) is 12.1 Å². The molecule has 0 saturated carbocycles. The number of halogens is 1. The van der Waals surface area contributed by atoms with Gasteiger partial charge in [-0.3, -0.25) is 10.1 Å². The third-order valence-corrected chi connectivity index (χ3v) is 5.34. The number of aromatic amines is 1. The number of nitrogens with zero attached hydrogens (tertiary/aromatic N) is 7. The van der Waals surface area contributed by atoms with Crippen LogP contribution in [-0.4, -0.2) is 68.6 Å². The van der Waals surface area contributed by atoms with Gasteiger partial charge in [-0.25, -0.2) is 9.97 Å². The first kappa shape index (κ1) is 21.5. The largest absolute Gasteiger partial charge is 0.461 e. The minimum Gasteiger partial charge on any atom is -0.461 e. The molecule has 12 heteroatoms. The summed E-state index contributed by atoms with van der Waals surface area (Å²) in [5, 5.41) is 11.5. The molecule has 0 radical (unpaired) electrons. The van der Waals surface area contributed by atoms with Gasteiger partial charge in [-0.2, -0.15) is 4.37 Å². The maximum Gasteiger partial charge on any atom is 0.216 e. The fourth-order valence-electron chi connectivity index (χ4n) is 3.01. The maximum atomic E-state index is 5.32. The van der Waals surface area contributed by atoms with Crippen LogP contribution >= 0.6 is 35.5 Å². The highest BCUT2D eigenvalue weighted by atomic mass is 127. The highest BCUT2D eigenvalue weighted by Gasteiger charge is 2.22. The van der Waals surface area contributed by atoms with E-state index in [1.807, 2.05) is 12.1 Å². The Morgan fingerprint density at radius 3 is 2.79 bits per heavy atom. The van der Waals surface area contributed by atoms with Crippen LogP contribution < -0.4 is 10.2 Å². The summed E-state index contributed by atoms with van der Waals surface area (Å²) in [7, 11) is 1.79. The molecule has 156 valence electrons. The molecule has 10 nitrogen and oxygen atoms in total. The molecule has 1 aliphatic rings. The van der Waals surface area contributed by atoms with Crippen LogP contribution in [0.3, 0.4) is 0 Å². The van der Waals surface area contributed by atoms with Gasteiger partial charge < -0.3 is 19.5 Å². The van der Waals surface area contributed by atoms with Gasteiger partial charge in [0.25, 0.3) is 0 Å². The van der Waals surface area contributed by atoms with Gasteiger partial charge in [0, 0.05) is 51.2 Å². The first-order valence-corrected chi connectivity index (χ1v) is 10.0. The number of aliphatic imine (C=N–C) groups is 1. The Morgan fingerprint density at radius 1 is 1.31 bits per heavy atom. The van der Waals surface area contributed by atoms with Crippen molar-refractivity contribution in [1.82, 2.24) is 34.8 Å². The first-order valence-electron chi connectivity index (χ1n) is 9.25. The quantitative estimate of drug-likeness (QED) is 0.294. The molecular formula is C17H24IN9OS. The van der Waals surface area contributed by atoms with E-state index >= 15 is 0 Å². The highest BCUT2D eigenvalue weighted by Crippen LogP contribution is 2.19. The summed E-state index contributed by atoms with van der Waals surface area (Å²) in [5.41, 5.74) is 0. The third kappa shape index (κ3) is 5.04. The van der Waals surface area contributed by atoms with Crippen LogP contribution in [0.2, 0.25) is 0 Å². The second-order valence-electron chi connectivity index (χ2n) is 6.30. The van der Waals surface area contributed by atoms with Crippen molar-refractivity contribution in [2.45, 2.75) is 19.9 Å². The zero-order chi connectivity index (χ0) is 19.3. The fourth-order valence-corrected chi connectivity index (χ4v) is 3.81. The summed E-state index contributed by atoms with van der Waals surface area (Å²) in [4.78, 5) is 18.0. The standard InChI is InChI=1S/C17H23N9OS.HI/c1-3-13-21-17(28-24-13)26-8-6-25(7-9-26)16(18-2)19-11-14-20-15(23-22-14)12-5-4-10-27-12;/h4-5,10H,3,6-9,11H2,1-2H3,(H,18,19)(H,20,22,23);1H. The van der Waals surface area contributed by atoms with E-state index in [9.17, 15) is 0 Å². The number of aryl methyl sites for hydroxylation is 1. The van der Waals surface area contributed by atoms with Crippen molar-refractivity contribution < 1.29 is 4.42 Å². The monoisotopic (exact) mass is 529 g/mol. The second kappa shape index (κ2) is 10.0. The van der Waals surface area contributed by atoms with E-state index in [-0.39, 0.29) is 24.0 Å². The molecule has 0 aromatic carbocycles. The lowest BCUT2D eigenvalue weighted by atomic mass is 10.3. The van der Waals surface area contributed by atoms with Crippen molar-refractivity contribution in [2.75, 3.05) is 38.1 Å². The van der Waals surface area contributed by atoms with Gasteiger partial charge in [0.2, 0.25) is 11.0 Å². The number of aromatic nitrogens is 5. The Balaban J connectivity index is 0.00000240.